The second kappa shape index (κ2) is 6.59. The van der Waals surface area contributed by atoms with Crippen molar-refractivity contribution in [3.8, 4) is 11.5 Å². The normalized spacial score (nSPS) is 13.2. The zero-order valence-electron chi connectivity index (χ0n) is 12.1. The maximum atomic E-state index is 6.17. The molecule has 1 atom stereocenters. The summed E-state index contributed by atoms with van der Waals surface area (Å²) in [5, 5.41) is 0. The maximum Gasteiger partial charge on any atom is 0.141 e. The molecule has 0 aliphatic rings. The molecule has 0 amide bonds. The average molecular weight is 332 g/mol. The lowest BCUT2D eigenvalue weighted by Gasteiger charge is -2.24. The first-order valence-electron chi connectivity index (χ1n) is 6.10. The summed E-state index contributed by atoms with van der Waals surface area (Å²) in [4.78, 5) is 0. The van der Waals surface area contributed by atoms with Crippen molar-refractivity contribution >= 4 is 15.9 Å². The van der Waals surface area contributed by atoms with Crippen LogP contribution in [0.5, 0.6) is 11.5 Å². The molecule has 108 valence electrons. The SMILES string of the molecule is COc1ccc(C(N)COC(C)(C)C)c(OC)c1Br. The zero-order chi connectivity index (χ0) is 14.6. The Morgan fingerprint density at radius 3 is 2.32 bits per heavy atom. The number of hydrogen-bond donors (Lipinski definition) is 1. The summed E-state index contributed by atoms with van der Waals surface area (Å²) in [5.41, 5.74) is 6.85. The van der Waals surface area contributed by atoms with Crippen molar-refractivity contribution in [2.24, 2.45) is 5.73 Å². The highest BCUT2D eigenvalue weighted by Gasteiger charge is 2.20. The van der Waals surface area contributed by atoms with Gasteiger partial charge in [0, 0.05) is 5.56 Å². The van der Waals surface area contributed by atoms with E-state index in [0.29, 0.717) is 18.1 Å². The summed E-state index contributed by atoms with van der Waals surface area (Å²) >= 11 is 3.46. The Bertz CT molecular complexity index is 429. The fourth-order valence-corrected chi connectivity index (χ4v) is 2.32. The lowest BCUT2D eigenvalue weighted by atomic mass is 10.1. The van der Waals surface area contributed by atoms with E-state index in [4.69, 9.17) is 19.9 Å². The van der Waals surface area contributed by atoms with Gasteiger partial charge < -0.3 is 19.9 Å². The maximum absolute atomic E-state index is 6.17. The number of hydrogen-bond acceptors (Lipinski definition) is 4. The Labute approximate surface area is 123 Å². The lowest BCUT2D eigenvalue weighted by molar-refractivity contribution is -0.0104. The van der Waals surface area contributed by atoms with Crippen LogP contribution in [0.4, 0.5) is 0 Å². The summed E-state index contributed by atoms with van der Waals surface area (Å²) in [6.07, 6.45) is 0. The first-order chi connectivity index (χ1) is 8.80. The van der Waals surface area contributed by atoms with Crippen LogP contribution in [-0.4, -0.2) is 26.4 Å². The number of methoxy groups -OCH3 is 2. The molecular weight excluding hydrogens is 310 g/mol. The standard InChI is InChI=1S/C14H22BrNO3/c1-14(2,3)19-8-10(16)9-6-7-11(17-4)12(15)13(9)18-5/h6-7,10H,8,16H2,1-5H3. The molecule has 1 aromatic carbocycles. The van der Waals surface area contributed by atoms with E-state index in [0.717, 1.165) is 10.0 Å². The largest absolute Gasteiger partial charge is 0.495 e. The van der Waals surface area contributed by atoms with E-state index in [2.05, 4.69) is 15.9 Å². The molecule has 0 radical (unpaired) electrons. The molecule has 4 nitrogen and oxygen atoms in total. The summed E-state index contributed by atoms with van der Waals surface area (Å²) < 4.78 is 17.1. The Hall–Kier alpha value is -0.780. The molecule has 0 bridgehead atoms. The third-order valence-electron chi connectivity index (χ3n) is 2.61. The highest BCUT2D eigenvalue weighted by molar-refractivity contribution is 9.10. The first kappa shape index (κ1) is 16.3. The van der Waals surface area contributed by atoms with Crippen LogP contribution in [0.2, 0.25) is 0 Å². The summed E-state index contributed by atoms with van der Waals surface area (Å²) in [7, 11) is 3.22. The number of rotatable bonds is 5. The molecule has 1 unspecified atom stereocenters. The van der Waals surface area contributed by atoms with Crippen molar-refractivity contribution in [1.82, 2.24) is 0 Å². The van der Waals surface area contributed by atoms with Gasteiger partial charge in [-0.25, -0.2) is 0 Å². The second-order valence-electron chi connectivity index (χ2n) is 5.23. The van der Waals surface area contributed by atoms with Gasteiger partial charge in [-0.2, -0.15) is 0 Å². The third kappa shape index (κ3) is 4.37. The van der Waals surface area contributed by atoms with Gasteiger partial charge in [-0.05, 0) is 48.8 Å². The molecule has 0 aliphatic heterocycles. The Morgan fingerprint density at radius 1 is 1.21 bits per heavy atom. The number of benzene rings is 1. The molecule has 0 saturated heterocycles. The van der Waals surface area contributed by atoms with Gasteiger partial charge in [0.1, 0.15) is 16.0 Å². The highest BCUT2D eigenvalue weighted by Crippen LogP contribution is 2.39. The van der Waals surface area contributed by atoms with Crippen LogP contribution < -0.4 is 15.2 Å². The molecule has 1 aromatic rings. The predicted molar refractivity (Wildman–Crippen MR) is 79.9 cm³/mol. The monoisotopic (exact) mass is 331 g/mol. The lowest BCUT2D eigenvalue weighted by Crippen LogP contribution is -2.26. The Morgan fingerprint density at radius 2 is 1.84 bits per heavy atom. The molecule has 0 heterocycles. The smallest absolute Gasteiger partial charge is 0.141 e. The van der Waals surface area contributed by atoms with Crippen LogP contribution in [0.15, 0.2) is 16.6 Å². The Balaban J connectivity index is 2.97. The minimum absolute atomic E-state index is 0.214. The number of halogens is 1. The van der Waals surface area contributed by atoms with Gasteiger partial charge >= 0.3 is 0 Å². The van der Waals surface area contributed by atoms with E-state index >= 15 is 0 Å². The van der Waals surface area contributed by atoms with Gasteiger partial charge in [-0.3, -0.25) is 0 Å². The van der Waals surface area contributed by atoms with Crippen molar-refractivity contribution in [3.05, 3.63) is 22.2 Å². The molecule has 0 fully saturated rings. The quantitative estimate of drug-likeness (QED) is 0.899. The van der Waals surface area contributed by atoms with Crippen LogP contribution in [0.25, 0.3) is 0 Å². The predicted octanol–water partition coefficient (Wildman–Crippen LogP) is 3.28. The highest BCUT2D eigenvalue weighted by atomic mass is 79.9. The van der Waals surface area contributed by atoms with E-state index in [1.165, 1.54) is 0 Å². The fourth-order valence-electron chi connectivity index (χ4n) is 1.64. The van der Waals surface area contributed by atoms with E-state index in [9.17, 15) is 0 Å². The van der Waals surface area contributed by atoms with E-state index in [1.807, 2.05) is 32.9 Å². The van der Waals surface area contributed by atoms with E-state index in [1.54, 1.807) is 14.2 Å². The van der Waals surface area contributed by atoms with Crippen molar-refractivity contribution in [1.29, 1.82) is 0 Å². The average Bonchev–Trinajstić information content (AvgIpc) is 2.34. The summed E-state index contributed by atoms with van der Waals surface area (Å²) in [6.45, 7) is 6.43. The topological polar surface area (TPSA) is 53.7 Å². The number of nitrogens with two attached hydrogens (primary N) is 1. The Kier molecular flexibility index (Phi) is 5.64. The minimum atomic E-state index is -0.253. The third-order valence-corrected chi connectivity index (χ3v) is 3.36. The molecule has 0 saturated carbocycles. The van der Waals surface area contributed by atoms with Gasteiger partial charge in [-0.1, -0.05) is 0 Å². The molecule has 19 heavy (non-hydrogen) atoms. The molecule has 0 aliphatic carbocycles. The molecule has 0 aromatic heterocycles. The summed E-state index contributed by atoms with van der Waals surface area (Å²) in [5.74, 6) is 1.40. The van der Waals surface area contributed by atoms with Crippen LogP contribution in [0.1, 0.15) is 32.4 Å². The number of ether oxygens (including phenoxy) is 3. The molecule has 1 rings (SSSR count). The summed E-state index contributed by atoms with van der Waals surface area (Å²) in [6, 6.07) is 3.51. The van der Waals surface area contributed by atoms with Crippen LogP contribution in [-0.2, 0) is 4.74 Å². The van der Waals surface area contributed by atoms with E-state index < -0.39 is 0 Å². The van der Waals surface area contributed by atoms with Crippen molar-refractivity contribution < 1.29 is 14.2 Å². The molecule has 2 N–H and O–H groups in total. The van der Waals surface area contributed by atoms with Gasteiger partial charge in [0.05, 0.1) is 32.5 Å². The second-order valence-corrected chi connectivity index (χ2v) is 6.03. The molecule has 5 heteroatoms. The fraction of sp³-hybridized carbons (Fsp3) is 0.571. The first-order valence-corrected chi connectivity index (χ1v) is 6.89. The molecule has 0 spiro atoms. The van der Waals surface area contributed by atoms with Gasteiger partial charge in [0.15, 0.2) is 0 Å². The van der Waals surface area contributed by atoms with Gasteiger partial charge in [0.25, 0.3) is 0 Å². The van der Waals surface area contributed by atoms with E-state index in [-0.39, 0.29) is 11.6 Å². The van der Waals surface area contributed by atoms with Gasteiger partial charge in [-0.15, -0.1) is 0 Å². The zero-order valence-corrected chi connectivity index (χ0v) is 13.7. The molecular formula is C14H22BrNO3. The van der Waals surface area contributed by atoms with Crippen molar-refractivity contribution in [3.63, 3.8) is 0 Å². The van der Waals surface area contributed by atoms with Crippen LogP contribution in [0, 0.1) is 0 Å². The van der Waals surface area contributed by atoms with Crippen LogP contribution >= 0.6 is 15.9 Å². The van der Waals surface area contributed by atoms with Crippen LogP contribution in [0.3, 0.4) is 0 Å². The van der Waals surface area contributed by atoms with Crippen molar-refractivity contribution in [2.45, 2.75) is 32.4 Å². The van der Waals surface area contributed by atoms with Gasteiger partial charge in [0.2, 0.25) is 0 Å². The van der Waals surface area contributed by atoms with Crippen molar-refractivity contribution in [2.75, 3.05) is 20.8 Å². The minimum Gasteiger partial charge on any atom is -0.495 e.